The minimum Gasteiger partial charge on any atom is -0.372 e. The number of hydrogen-bond donors (Lipinski definition) is 3. The van der Waals surface area contributed by atoms with Crippen molar-refractivity contribution in [1.82, 2.24) is 25.2 Å². The van der Waals surface area contributed by atoms with Crippen molar-refractivity contribution in [3.63, 3.8) is 0 Å². The standard InChI is InChI=1S/C28H31ClN6O3/c1-16(32-26(36)19-6-5-8-31-17(19)2)13-35-15-28(3,4)38-14-24(35)27(37)34-22-11-18(29)10-21-20-7-9-30-12-23(20)33-25(21)22/h5-12,16,24,33H,13-15H2,1-4H3,(H,32,36)(H,34,37)/t16-,24-/m0/s1. The average molecular weight is 535 g/mol. The largest absolute Gasteiger partial charge is 0.372 e. The molecule has 0 radical (unpaired) electrons. The first-order valence-corrected chi connectivity index (χ1v) is 13.0. The van der Waals surface area contributed by atoms with Gasteiger partial charge in [-0.25, -0.2) is 0 Å². The molecule has 1 aliphatic rings. The summed E-state index contributed by atoms with van der Waals surface area (Å²) in [7, 11) is 0. The van der Waals surface area contributed by atoms with Gasteiger partial charge in [0.15, 0.2) is 0 Å². The van der Waals surface area contributed by atoms with Crippen LogP contribution in [0, 0.1) is 6.92 Å². The summed E-state index contributed by atoms with van der Waals surface area (Å²) >= 11 is 6.43. The molecule has 5 rings (SSSR count). The Morgan fingerprint density at radius 2 is 2.08 bits per heavy atom. The van der Waals surface area contributed by atoms with E-state index in [1.807, 2.05) is 32.9 Å². The minimum absolute atomic E-state index is 0.189. The predicted octanol–water partition coefficient (Wildman–Crippen LogP) is 4.31. The van der Waals surface area contributed by atoms with Crippen LogP contribution >= 0.6 is 11.6 Å². The first-order chi connectivity index (χ1) is 18.1. The predicted molar refractivity (Wildman–Crippen MR) is 149 cm³/mol. The molecule has 1 aromatic carbocycles. The number of carbonyl (C=O) groups is 2. The smallest absolute Gasteiger partial charge is 0.253 e. The monoisotopic (exact) mass is 534 g/mol. The molecule has 198 valence electrons. The highest BCUT2D eigenvalue weighted by Crippen LogP contribution is 2.33. The number of morpholine rings is 1. The van der Waals surface area contributed by atoms with E-state index in [1.165, 1.54) is 0 Å². The molecule has 38 heavy (non-hydrogen) atoms. The normalized spacial score (nSPS) is 18.4. The van der Waals surface area contributed by atoms with E-state index in [0.717, 1.165) is 21.8 Å². The van der Waals surface area contributed by atoms with E-state index < -0.39 is 11.6 Å². The van der Waals surface area contributed by atoms with Gasteiger partial charge in [-0.3, -0.25) is 24.5 Å². The molecule has 0 bridgehead atoms. The second-order valence-electron chi connectivity index (χ2n) is 10.4. The van der Waals surface area contributed by atoms with Crippen LogP contribution in [0.5, 0.6) is 0 Å². The first-order valence-electron chi connectivity index (χ1n) is 12.6. The summed E-state index contributed by atoms with van der Waals surface area (Å²) in [5.41, 5.74) is 3.00. The maximum atomic E-state index is 13.6. The number of hydrogen-bond acceptors (Lipinski definition) is 6. The number of carbonyl (C=O) groups excluding carboxylic acids is 2. The van der Waals surface area contributed by atoms with Crippen molar-refractivity contribution >= 4 is 50.9 Å². The highest BCUT2D eigenvalue weighted by molar-refractivity contribution is 6.33. The number of aromatic nitrogens is 3. The zero-order valence-corrected chi connectivity index (χ0v) is 22.6. The number of fused-ring (bicyclic) bond motifs is 3. The van der Waals surface area contributed by atoms with Gasteiger partial charge in [-0.1, -0.05) is 11.6 Å². The number of H-pyrrole nitrogens is 1. The van der Waals surface area contributed by atoms with Gasteiger partial charge in [0.1, 0.15) is 6.04 Å². The van der Waals surface area contributed by atoms with Gasteiger partial charge in [-0.05, 0) is 58.0 Å². The van der Waals surface area contributed by atoms with E-state index in [4.69, 9.17) is 16.3 Å². The van der Waals surface area contributed by atoms with Crippen LogP contribution < -0.4 is 10.6 Å². The molecule has 3 N–H and O–H groups in total. The van der Waals surface area contributed by atoms with Crippen molar-refractivity contribution in [2.75, 3.05) is 25.0 Å². The Morgan fingerprint density at radius 1 is 1.26 bits per heavy atom. The topological polar surface area (TPSA) is 112 Å². The molecule has 2 atom stereocenters. The number of halogens is 1. The van der Waals surface area contributed by atoms with Crippen molar-refractivity contribution in [3.8, 4) is 0 Å². The van der Waals surface area contributed by atoms with Gasteiger partial charge in [0.25, 0.3) is 5.91 Å². The van der Waals surface area contributed by atoms with Gasteiger partial charge in [0, 0.05) is 53.0 Å². The number of aromatic amines is 1. The Kier molecular flexibility index (Phi) is 7.09. The number of anilines is 1. The van der Waals surface area contributed by atoms with Gasteiger partial charge in [-0.15, -0.1) is 0 Å². The minimum atomic E-state index is -0.553. The molecule has 3 aromatic heterocycles. The fourth-order valence-corrected chi connectivity index (χ4v) is 5.26. The summed E-state index contributed by atoms with van der Waals surface area (Å²) in [6.07, 6.45) is 5.13. The third kappa shape index (κ3) is 5.36. The Hall–Kier alpha value is -3.53. The summed E-state index contributed by atoms with van der Waals surface area (Å²) in [5.74, 6) is -0.395. The third-order valence-corrected chi connectivity index (χ3v) is 7.05. The molecule has 4 heterocycles. The summed E-state index contributed by atoms with van der Waals surface area (Å²) < 4.78 is 6.03. The number of ether oxygens (including phenoxy) is 1. The number of amides is 2. The maximum Gasteiger partial charge on any atom is 0.253 e. The summed E-state index contributed by atoms with van der Waals surface area (Å²) in [5, 5.41) is 8.52. The van der Waals surface area contributed by atoms with Crippen LogP contribution in [0.25, 0.3) is 21.8 Å². The van der Waals surface area contributed by atoms with Crippen LogP contribution in [0.15, 0.2) is 48.9 Å². The molecule has 0 unspecified atom stereocenters. The second-order valence-corrected chi connectivity index (χ2v) is 10.9. The van der Waals surface area contributed by atoms with E-state index in [2.05, 4.69) is 30.5 Å². The molecule has 0 saturated carbocycles. The van der Waals surface area contributed by atoms with Gasteiger partial charge in [0.2, 0.25) is 5.91 Å². The van der Waals surface area contributed by atoms with E-state index in [9.17, 15) is 9.59 Å². The van der Waals surface area contributed by atoms with Crippen LogP contribution in [-0.4, -0.2) is 69.0 Å². The number of rotatable bonds is 6. The van der Waals surface area contributed by atoms with Crippen LogP contribution in [-0.2, 0) is 9.53 Å². The van der Waals surface area contributed by atoms with Crippen molar-refractivity contribution in [2.45, 2.75) is 45.4 Å². The molecule has 10 heteroatoms. The number of aryl methyl sites for hydroxylation is 1. The van der Waals surface area contributed by atoms with Crippen molar-refractivity contribution in [3.05, 3.63) is 65.2 Å². The highest BCUT2D eigenvalue weighted by atomic mass is 35.5. The van der Waals surface area contributed by atoms with Crippen LogP contribution in [0.3, 0.4) is 0 Å². The quantitative estimate of drug-likeness (QED) is 0.340. The third-order valence-electron chi connectivity index (χ3n) is 6.83. The lowest BCUT2D eigenvalue weighted by molar-refractivity contribution is -0.143. The lowest BCUT2D eigenvalue weighted by atomic mass is 10.0. The average Bonchev–Trinajstić information content (AvgIpc) is 3.22. The van der Waals surface area contributed by atoms with Gasteiger partial charge in [0.05, 0.1) is 40.7 Å². The van der Waals surface area contributed by atoms with E-state index in [1.54, 1.807) is 43.7 Å². The van der Waals surface area contributed by atoms with Crippen LogP contribution in [0.1, 0.15) is 36.8 Å². The van der Waals surface area contributed by atoms with E-state index in [0.29, 0.717) is 35.1 Å². The summed E-state index contributed by atoms with van der Waals surface area (Å²) in [4.78, 5) is 40.3. The zero-order valence-electron chi connectivity index (χ0n) is 21.8. The number of benzene rings is 1. The second kappa shape index (κ2) is 10.3. The number of nitrogens with zero attached hydrogens (tertiary/aromatic N) is 3. The summed E-state index contributed by atoms with van der Waals surface area (Å²) in [6, 6.07) is 8.25. The molecule has 0 spiro atoms. The number of nitrogens with one attached hydrogen (secondary N) is 3. The van der Waals surface area contributed by atoms with E-state index in [-0.39, 0.29) is 24.5 Å². The zero-order chi connectivity index (χ0) is 27.0. The lowest BCUT2D eigenvalue weighted by Crippen LogP contribution is -2.60. The Balaban J connectivity index is 1.36. The molecular weight excluding hydrogens is 504 g/mol. The first kappa shape index (κ1) is 26.1. The lowest BCUT2D eigenvalue weighted by Gasteiger charge is -2.43. The fourth-order valence-electron chi connectivity index (χ4n) is 5.04. The van der Waals surface area contributed by atoms with Crippen molar-refractivity contribution in [1.29, 1.82) is 0 Å². The maximum absolute atomic E-state index is 13.6. The molecular formula is C28H31ClN6O3. The Labute approximate surface area is 225 Å². The molecule has 1 aliphatic heterocycles. The highest BCUT2D eigenvalue weighted by Gasteiger charge is 2.38. The van der Waals surface area contributed by atoms with Gasteiger partial charge in [-0.2, -0.15) is 0 Å². The van der Waals surface area contributed by atoms with Crippen LogP contribution in [0.2, 0.25) is 5.02 Å². The SMILES string of the molecule is Cc1ncccc1C(=O)N[C@@H](C)CN1CC(C)(C)OC[C@H]1C(=O)Nc1cc(Cl)cc2c1[nH]c1cnccc12. The van der Waals surface area contributed by atoms with E-state index >= 15 is 0 Å². The molecule has 4 aromatic rings. The fraction of sp³-hybridized carbons (Fsp3) is 0.357. The van der Waals surface area contributed by atoms with Crippen molar-refractivity contribution in [2.24, 2.45) is 0 Å². The summed E-state index contributed by atoms with van der Waals surface area (Å²) in [6.45, 7) is 8.95. The molecule has 9 nitrogen and oxygen atoms in total. The Bertz CT molecular complexity index is 1520. The molecule has 2 amide bonds. The van der Waals surface area contributed by atoms with Crippen LogP contribution in [0.4, 0.5) is 5.69 Å². The molecule has 0 aliphatic carbocycles. The Morgan fingerprint density at radius 3 is 2.87 bits per heavy atom. The molecule has 1 fully saturated rings. The number of pyridine rings is 2. The molecule has 1 saturated heterocycles. The van der Waals surface area contributed by atoms with Gasteiger partial charge >= 0.3 is 0 Å². The van der Waals surface area contributed by atoms with Gasteiger partial charge < -0.3 is 20.4 Å². The van der Waals surface area contributed by atoms with Crippen molar-refractivity contribution < 1.29 is 14.3 Å².